The van der Waals surface area contributed by atoms with Crippen molar-refractivity contribution in [3.05, 3.63) is 47.0 Å². The molecule has 1 aromatic heterocycles. The van der Waals surface area contributed by atoms with Gasteiger partial charge in [-0.2, -0.15) is 0 Å². The number of hydrogen-bond donors (Lipinski definition) is 1. The van der Waals surface area contributed by atoms with Gasteiger partial charge in [-0.05, 0) is 25.1 Å². The fourth-order valence-electron chi connectivity index (χ4n) is 1.68. The minimum absolute atomic E-state index is 0.0992. The number of nitrogens with zero attached hydrogens (tertiary/aromatic N) is 2. The highest BCUT2D eigenvalue weighted by molar-refractivity contribution is 6.35. The average Bonchev–Trinajstić information content (AvgIpc) is 2.98. The van der Waals surface area contributed by atoms with E-state index in [1.54, 1.807) is 30.7 Å². The zero-order valence-electron chi connectivity index (χ0n) is 11.4. The van der Waals surface area contributed by atoms with Gasteiger partial charge in [-0.1, -0.05) is 23.2 Å². The molecule has 5 nitrogen and oxygen atoms in total. The molecule has 0 aliphatic carbocycles. The molecule has 2 rings (SSSR count). The van der Waals surface area contributed by atoms with Gasteiger partial charge in [0.1, 0.15) is 5.75 Å². The molecule has 0 fully saturated rings. The largest absolute Gasteiger partial charge is 0.482 e. The number of benzene rings is 1. The van der Waals surface area contributed by atoms with E-state index < -0.39 is 0 Å². The van der Waals surface area contributed by atoms with Crippen LogP contribution in [0.3, 0.4) is 0 Å². The van der Waals surface area contributed by atoms with E-state index in [9.17, 15) is 4.79 Å². The quantitative estimate of drug-likeness (QED) is 0.887. The summed E-state index contributed by atoms with van der Waals surface area (Å²) in [5.74, 6) is 0.215. The maximum atomic E-state index is 11.7. The summed E-state index contributed by atoms with van der Waals surface area (Å²) < 4.78 is 7.27. The van der Waals surface area contributed by atoms with E-state index in [2.05, 4.69) is 10.3 Å². The third-order valence-electron chi connectivity index (χ3n) is 2.88. The van der Waals surface area contributed by atoms with Crippen molar-refractivity contribution in [3.63, 3.8) is 0 Å². The third-order valence-corrected chi connectivity index (χ3v) is 3.41. The van der Waals surface area contributed by atoms with E-state index >= 15 is 0 Å². The summed E-state index contributed by atoms with van der Waals surface area (Å²) in [5.41, 5.74) is 0. The maximum Gasteiger partial charge on any atom is 0.258 e. The highest BCUT2D eigenvalue weighted by Crippen LogP contribution is 2.27. The number of carbonyl (C=O) groups is 1. The van der Waals surface area contributed by atoms with E-state index in [1.165, 1.54) is 0 Å². The summed E-state index contributed by atoms with van der Waals surface area (Å²) in [5, 5.41) is 3.69. The van der Waals surface area contributed by atoms with Crippen molar-refractivity contribution in [2.24, 2.45) is 0 Å². The molecule has 0 radical (unpaired) electrons. The van der Waals surface area contributed by atoms with Gasteiger partial charge in [0.25, 0.3) is 5.91 Å². The Morgan fingerprint density at radius 1 is 1.48 bits per heavy atom. The first-order chi connectivity index (χ1) is 10.1. The Labute approximate surface area is 132 Å². The Kier molecular flexibility index (Phi) is 5.47. The summed E-state index contributed by atoms with van der Waals surface area (Å²) in [7, 11) is 0. The summed E-state index contributed by atoms with van der Waals surface area (Å²) in [6.07, 6.45) is 5.26. The normalized spacial score (nSPS) is 12.0. The number of halogens is 2. The molecule has 0 aliphatic heterocycles. The number of amides is 1. The zero-order valence-corrected chi connectivity index (χ0v) is 12.9. The SMILES string of the molecule is C[C@@H](CNC(=O)COc1ccc(Cl)cc1Cl)n1ccnc1. The first-order valence-electron chi connectivity index (χ1n) is 6.38. The molecule has 2 aromatic rings. The van der Waals surface area contributed by atoms with Crippen LogP contribution in [0.25, 0.3) is 0 Å². The van der Waals surface area contributed by atoms with Gasteiger partial charge in [-0.15, -0.1) is 0 Å². The number of imidazole rings is 1. The molecule has 0 spiro atoms. The lowest BCUT2D eigenvalue weighted by Gasteiger charge is -2.14. The van der Waals surface area contributed by atoms with Crippen LogP contribution >= 0.6 is 23.2 Å². The van der Waals surface area contributed by atoms with Gasteiger partial charge in [0, 0.05) is 30.0 Å². The van der Waals surface area contributed by atoms with Crippen molar-refractivity contribution in [2.75, 3.05) is 13.2 Å². The molecule has 1 amide bonds. The van der Waals surface area contributed by atoms with Gasteiger partial charge >= 0.3 is 0 Å². The summed E-state index contributed by atoms with van der Waals surface area (Å²) in [4.78, 5) is 15.7. The van der Waals surface area contributed by atoms with Crippen LogP contribution in [0.5, 0.6) is 5.75 Å². The van der Waals surface area contributed by atoms with Gasteiger partial charge in [0.15, 0.2) is 6.61 Å². The van der Waals surface area contributed by atoms with Crippen LogP contribution in [-0.4, -0.2) is 28.6 Å². The standard InChI is InChI=1S/C14H15Cl2N3O2/c1-10(19-5-4-17-9-19)7-18-14(20)8-21-13-3-2-11(15)6-12(13)16/h2-6,9-10H,7-8H2,1H3,(H,18,20)/t10-/m0/s1. The first kappa shape index (κ1) is 15.7. The van der Waals surface area contributed by atoms with E-state index in [-0.39, 0.29) is 18.6 Å². The highest BCUT2D eigenvalue weighted by Gasteiger charge is 2.09. The van der Waals surface area contributed by atoms with Gasteiger partial charge in [0.2, 0.25) is 0 Å². The number of rotatable bonds is 6. The molecule has 1 aromatic carbocycles. The molecule has 1 atom stereocenters. The summed E-state index contributed by atoms with van der Waals surface area (Å²) in [6, 6.07) is 4.97. The van der Waals surface area contributed by atoms with Crippen molar-refractivity contribution in [1.29, 1.82) is 0 Å². The fourth-order valence-corrected chi connectivity index (χ4v) is 2.15. The Morgan fingerprint density at radius 2 is 2.29 bits per heavy atom. The van der Waals surface area contributed by atoms with Crippen molar-refractivity contribution < 1.29 is 9.53 Å². The van der Waals surface area contributed by atoms with Crippen LogP contribution in [0.4, 0.5) is 0 Å². The van der Waals surface area contributed by atoms with Crippen LogP contribution in [0.2, 0.25) is 10.0 Å². The van der Waals surface area contributed by atoms with E-state index in [0.29, 0.717) is 22.3 Å². The molecule has 0 saturated heterocycles. The molecule has 7 heteroatoms. The van der Waals surface area contributed by atoms with E-state index in [1.807, 2.05) is 17.7 Å². The molecule has 1 N–H and O–H groups in total. The van der Waals surface area contributed by atoms with E-state index in [0.717, 1.165) is 0 Å². The maximum absolute atomic E-state index is 11.7. The molecule has 1 heterocycles. The number of carbonyl (C=O) groups excluding carboxylic acids is 1. The van der Waals surface area contributed by atoms with Crippen LogP contribution in [0, 0.1) is 0 Å². The van der Waals surface area contributed by atoms with Crippen LogP contribution in [0.1, 0.15) is 13.0 Å². The van der Waals surface area contributed by atoms with Crippen molar-refractivity contribution in [2.45, 2.75) is 13.0 Å². The number of hydrogen-bond acceptors (Lipinski definition) is 3. The van der Waals surface area contributed by atoms with Gasteiger partial charge in [0.05, 0.1) is 11.3 Å². The lowest BCUT2D eigenvalue weighted by atomic mass is 10.3. The molecule has 0 unspecified atom stereocenters. The van der Waals surface area contributed by atoms with Crippen LogP contribution in [-0.2, 0) is 4.79 Å². The lowest BCUT2D eigenvalue weighted by molar-refractivity contribution is -0.123. The first-order valence-corrected chi connectivity index (χ1v) is 7.14. The second kappa shape index (κ2) is 7.33. The van der Waals surface area contributed by atoms with E-state index in [4.69, 9.17) is 27.9 Å². The Balaban J connectivity index is 1.77. The average molecular weight is 328 g/mol. The molecular formula is C14H15Cl2N3O2. The molecule has 0 bridgehead atoms. The second-order valence-corrected chi connectivity index (χ2v) is 5.37. The molecule has 0 saturated carbocycles. The summed E-state index contributed by atoms with van der Waals surface area (Å²) >= 11 is 11.7. The topological polar surface area (TPSA) is 56.1 Å². The second-order valence-electron chi connectivity index (χ2n) is 4.53. The molecular weight excluding hydrogens is 313 g/mol. The van der Waals surface area contributed by atoms with Crippen molar-refractivity contribution >= 4 is 29.1 Å². The monoisotopic (exact) mass is 327 g/mol. The number of nitrogens with one attached hydrogen (secondary N) is 1. The minimum Gasteiger partial charge on any atom is -0.482 e. The Bertz CT molecular complexity index is 602. The van der Waals surface area contributed by atoms with Gasteiger partial charge in [-0.25, -0.2) is 4.98 Å². The van der Waals surface area contributed by atoms with Gasteiger partial charge in [-0.3, -0.25) is 4.79 Å². The van der Waals surface area contributed by atoms with Crippen LogP contribution in [0.15, 0.2) is 36.9 Å². The highest BCUT2D eigenvalue weighted by atomic mass is 35.5. The smallest absolute Gasteiger partial charge is 0.258 e. The third kappa shape index (κ3) is 4.65. The fraction of sp³-hybridized carbons (Fsp3) is 0.286. The predicted octanol–water partition coefficient (Wildman–Crippen LogP) is 2.95. The summed E-state index contributed by atoms with van der Waals surface area (Å²) in [6.45, 7) is 2.38. The molecule has 0 aliphatic rings. The van der Waals surface area contributed by atoms with Crippen molar-refractivity contribution in [1.82, 2.24) is 14.9 Å². The number of ether oxygens (including phenoxy) is 1. The zero-order chi connectivity index (χ0) is 15.2. The lowest BCUT2D eigenvalue weighted by Crippen LogP contribution is -2.33. The van der Waals surface area contributed by atoms with Gasteiger partial charge < -0.3 is 14.6 Å². The van der Waals surface area contributed by atoms with Crippen molar-refractivity contribution in [3.8, 4) is 5.75 Å². The number of aromatic nitrogens is 2. The molecule has 112 valence electrons. The minimum atomic E-state index is -0.215. The Hall–Kier alpha value is -1.72. The predicted molar refractivity (Wildman–Crippen MR) is 81.9 cm³/mol. The Morgan fingerprint density at radius 3 is 2.95 bits per heavy atom. The molecule has 21 heavy (non-hydrogen) atoms. The van der Waals surface area contributed by atoms with Crippen LogP contribution < -0.4 is 10.1 Å².